The van der Waals surface area contributed by atoms with Gasteiger partial charge >= 0.3 is 0 Å². The number of hydrogen-bond donors (Lipinski definition) is 1. The fraction of sp³-hybridized carbons (Fsp3) is 0.312. The summed E-state index contributed by atoms with van der Waals surface area (Å²) in [7, 11) is 0. The summed E-state index contributed by atoms with van der Waals surface area (Å²) in [5.41, 5.74) is 3.37. The average Bonchev–Trinajstić information content (AvgIpc) is 2.47. The van der Waals surface area contributed by atoms with Crippen molar-refractivity contribution in [1.29, 1.82) is 0 Å². The minimum atomic E-state index is -0.265. The first-order valence-corrected chi connectivity index (χ1v) is 6.81. The Morgan fingerprint density at radius 2 is 2.10 bits per heavy atom. The first-order chi connectivity index (χ1) is 9.66. The summed E-state index contributed by atoms with van der Waals surface area (Å²) in [5.74, 6) is 0.279. The highest BCUT2D eigenvalue weighted by molar-refractivity contribution is 5.95. The van der Waals surface area contributed by atoms with Crippen LogP contribution in [0.15, 0.2) is 35.5 Å². The zero-order valence-corrected chi connectivity index (χ0v) is 11.3. The number of nitrogens with one attached hydrogen (secondary N) is 1. The SMILES string of the molecule is CC(=O)c1c2c(c[nH]c1=O)CC(c1ccncc1)CC2. The number of ketones is 1. The summed E-state index contributed by atoms with van der Waals surface area (Å²) >= 11 is 0. The average molecular weight is 268 g/mol. The van der Waals surface area contributed by atoms with E-state index >= 15 is 0 Å². The van der Waals surface area contributed by atoms with Gasteiger partial charge in [-0.3, -0.25) is 14.6 Å². The fourth-order valence-electron chi connectivity index (χ4n) is 3.06. The molecule has 0 spiro atoms. The second-order valence-electron chi connectivity index (χ2n) is 5.27. The summed E-state index contributed by atoms with van der Waals surface area (Å²) < 4.78 is 0. The number of rotatable bonds is 2. The molecule has 1 unspecified atom stereocenters. The van der Waals surface area contributed by atoms with E-state index in [1.54, 1.807) is 18.6 Å². The lowest BCUT2D eigenvalue weighted by Crippen LogP contribution is -2.24. The number of aromatic nitrogens is 2. The topological polar surface area (TPSA) is 62.8 Å². The van der Waals surface area contributed by atoms with Gasteiger partial charge in [0.25, 0.3) is 5.56 Å². The number of pyridine rings is 2. The Morgan fingerprint density at radius 3 is 2.80 bits per heavy atom. The standard InChI is InChI=1S/C16H16N2O2/c1-10(19)15-14-3-2-12(11-4-6-17-7-5-11)8-13(14)9-18-16(15)20/h4-7,9,12H,2-3,8H2,1H3,(H,18,20). The molecule has 0 saturated carbocycles. The van der Waals surface area contributed by atoms with E-state index < -0.39 is 0 Å². The third-order valence-corrected chi connectivity index (χ3v) is 4.03. The molecule has 0 saturated heterocycles. The lowest BCUT2D eigenvalue weighted by atomic mass is 9.79. The van der Waals surface area contributed by atoms with Crippen LogP contribution in [0.25, 0.3) is 0 Å². The van der Waals surface area contributed by atoms with Gasteiger partial charge in [0.15, 0.2) is 5.78 Å². The molecule has 2 heterocycles. The predicted molar refractivity (Wildman–Crippen MR) is 76.1 cm³/mol. The summed E-state index contributed by atoms with van der Waals surface area (Å²) in [6, 6.07) is 4.07. The maximum Gasteiger partial charge on any atom is 0.259 e. The molecule has 1 atom stereocenters. The summed E-state index contributed by atoms with van der Waals surface area (Å²) in [5, 5.41) is 0. The molecule has 0 aliphatic heterocycles. The monoisotopic (exact) mass is 268 g/mol. The largest absolute Gasteiger partial charge is 0.328 e. The number of hydrogen-bond acceptors (Lipinski definition) is 3. The van der Waals surface area contributed by atoms with Gasteiger partial charge in [-0.15, -0.1) is 0 Å². The summed E-state index contributed by atoms with van der Waals surface area (Å²) in [4.78, 5) is 30.2. The first kappa shape index (κ1) is 12.8. The number of carbonyl (C=O) groups excluding carboxylic acids is 1. The van der Waals surface area contributed by atoms with Crippen molar-refractivity contribution in [3.63, 3.8) is 0 Å². The fourth-order valence-corrected chi connectivity index (χ4v) is 3.06. The van der Waals surface area contributed by atoms with Gasteiger partial charge in [-0.05, 0) is 60.9 Å². The van der Waals surface area contributed by atoms with Crippen LogP contribution in [0.5, 0.6) is 0 Å². The van der Waals surface area contributed by atoms with Gasteiger partial charge in [0.2, 0.25) is 0 Å². The van der Waals surface area contributed by atoms with Gasteiger partial charge in [-0.25, -0.2) is 0 Å². The molecule has 4 heteroatoms. The van der Waals surface area contributed by atoms with Crippen molar-refractivity contribution in [3.05, 3.63) is 63.3 Å². The molecule has 0 radical (unpaired) electrons. The molecule has 2 aromatic rings. The molecule has 102 valence electrons. The Kier molecular flexibility index (Phi) is 3.22. The molecule has 4 nitrogen and oxygen atoms in total. The second-order valence-corrected chi connectivity index (χ2v) is 5.27. The van der Waals surface area contributed by atoms with Crippen LogP contribution < -0.4 is 5.56 Å². The number of nitrogens with zero attached hydrogens (tertiary/aromatic N) is 1. The van der Waals surface area contributed by atoms with E-state index in [2.05, 4.69) is 9.97 Å². The molecule has 20 heavy (non-hydrogen) atoms. The van der Waals surface area contributed by atoms with E-state index in [0.29, 0.717) is 11.5 Å². The van der Waals surface area contributed by atoms with Crippen molar-refractivity contribution in [2.75, 3.05) is 0 Å². The quantitative estimate of drug-likeness (QED) is 0.850. The first-order valence-electron chi connectivity index (χ1n) is 6.81. The minimum Gasteiger partial charge on any atom is -0.328 e. The molecule has 0 fully saturated rings. The zero-order valence-electron chi connectivity index (χ0n) is 11.3. The second kappa shape index (κ2) is 5.04. The Bertz CT molecular complexity index is 704. The number of carbonyl (C=O) groups is 1. The zero-order chi connectivity index (χ0) is 14.1. The molecule has 0 bridgehead atoms. The molecule has 0 aromatic carbocycles. The number of H-pyrrole nitrogens is 1. The van der Waals surface area contributed by atoms with Crippen LogP contribution in [-0.2, 0) is 12.8 Å². The molecular weight excluding hydrogens is 252 g/mol. The van der Waals surface area contributed by atoms with E-state index in [-0.39, 0.29) is 11.3 Å². The van der Waals surface area contributed by atoms with Crippen molar-refractivity contribution in [3.8, 4) is 0 Å². The maximum absolute atomic E-state index is 11.8. The van der Waals surface area contributed by atoms with Crippen LogP contribution in [0.4, 0.5) is 0 Å². The van der Waals surface area contributed by atoms with Crippen LogP contribution >= 0.6 is 0 Å². The molecular formula is C16H16N2O2. The van der Waals surface area contributed by atoms with Gasteiger partial charge in [-0.2, -0.15) is 0 Å². The Morgan fingerprint density at radius 1 is 1.35 bits per heavy atom. The number of aromatic amines is 1. The van der Waals surface area contributed by atoms with Crippen molar-refractivity contribution < 1.29 is 4.79 Å². The van der Waals surface area contributed by atoms with Crippen LogP contribution in [0, 0.1) is 0 Å². The highest BCUT2D eigenvalue weighted by atomic mass is 16.1. The Labute approximate surface area is 116 Å². The predicted octanol–water partition coefficient (Wildman–Crippen LogP) is 2.25. The van der Waals surface area contributed by atoms with Crippen LogP contribution in [0.2, 0.25) is 0 Å². The summed E-state index contributed by atoms with van der Waals surface area (Å²) in [6.45, 7) is 1.46. The highest BCUT2D eigenvalue weighted by Gasteiger charge is 2.24. The van der Waals surface area contributed by atoms with Crippen molar-refractivity contribution in [1.82, 2.24) is 9.97 Å². The van der Waals surface area contributed by atoms with E-state index in [9.17, 15) is 9.59 Å². The molecule has 0 amide bonds. The number of fused-ring (bicyclic) bond motifs is 1. The van der Waals surface area contributed by atoms with E-state index in [0.717, 1.165) is 30.4 Å². The van der Waals surface area contributed by atoms with Crippen molar-refractivity contribution in [2.24, 2.45) is 0 Å². The van der Waals surface area contributed by atoms with Crippen LogP contribution in [-0.4, -0.2) is 15.8 Å². The van der Waals surface area contributed by atoms with E-state index in [4.69, 9.17) is 0 Å². The molecule has 3 rings (SSSR count). The smallest absolute Gasteiger partial charge is 0.259 e. The van der Waals surface area contributed by atoms with Crippen LogP contribution in [0.3, 0.4) is 0 Å². The maximum atomic E-state index is 11.8. The van der Waals surface area contributed by atoms with Crippen molar-refractivity contribution in [2.45, 2.75) is 32.1 Å². The molecule has 1 aliphatic carbocycles. The van der Waals surface area contributed by atoms with E-state index in [1.165, 1.54) is 12.5 Å². The summed E-state index contributed by atoms with van der Waals surface area (Å²) in [6.07, 6.45) is 7.97. The van der Waals surface area contributed by atoms with Gasteiger partial charge in [0, 0.05) is 18.6 Å². The third kappa shape index (κ3) is 2.18. The lowest BCUT2D eigenvalue weighted by Gasteiger charge is -2.25. The Hall–Kier alpha value is -2.23. The molecule has 1 aliphatic rings. The lowest BCUT2D eigenvalue weighted by molar-refractivity contribution is 0.101. The number of Topliss-reactive ketones (excluding diaryl/α,β-unsaturated/α-hetero) is 1. The van der Waals surface area contributed by atoms with Gasteiger partial charge < -0.3 is 4.98 Å². The minimum absolute atomic E-state index is 0.148. The van der Waals surface area contributed by atoms with Gasteiger partial charge in [0.05, 0.1) is 5.56 Å². The highest BCUT2D eigenvalue weighted by Crippen LogP contribution is 2.32. The van der Waals surface area contributed by atoms with E-state index in [1.807, 2.05) is 12.1 Å². The normalized spacial score (nSPS) is 17.6. The molecule has 2 aromatic heterocycles. The van der Waals surface area contributed by atoms with Crippen molar-refractivity contribution >= 4 is 5.78 Å². The molecule has 1 N–H and O–H groups in total. The van der Waals surface area contributed by atoms with Gasteiger partial charge in [-0.1, -0.05) is 0 Å². The van der Waals surface area contributed by atoms with Crippen LogP contribution in [0.1, 0.15) is 46.3 Å². The van der Waals surface area contributed by atoms with Gasteiger partial charge in [0.1, 0.15) is 0 Å². The third-order valence-electron chi connectivity index (χ3n) is 4.03. The Balaban J connectivity index is 1.99.